The van der Waals surface area contributed by atoms with Crippen molar-refractivity contribution in [2.75, 3.05) is 30.4 Å². The molecule has 2 saturated carbocycles. The maximum Gasteiger partial charge on any atom is 0.269 e. The Morgan fingerprint density at radius 2 is 1.88 bits per heavy atom. The van der Waals surface area contributed by atoms with E-state index < -0.39 is 0 Å². The molecule has 0 radical (unpaired) electrons. The average molecular weight is 560 g/mol. The summed E-state index contributed by atoms with van der Waals surface area (Å²) in [5.41, 5.74) is 17.7. The number of anilines is 2. The largest absolute Gasteiger partial charge is 0.393 e. The van der Waals surface area contributed by atoms with Crippen LogP contribution < -0.4 is 32.3 Å². The summed E-state index contributed by atoms with van der Waals surface area (Å²) in [5, 5.41) is 13.8. The molecule has 12 heteroatoms. The van der Waals surface area contributed by atoms with Gasteiger partial charge in [0.25, 0.3) is 5.91 Å². The molecule has 7 N–H and O–H groups in total. The maximum atomic E-state index is 13.0. The average Bonchev–Trinajstić information content (AvgIpc) is 3.86. The van der Waals surface area contributed by atoms with E-state index in [1.807, 2.05) is 25.4 Å². The van der Waals surface area contributed by atoms with E-state index in [2.05, 4.69) is 38.5 Å². The van der Waals surface area contributed by atoms with E-state index in [4.69, 9.17) is 16.6 Å². The van der Waals surface area contributed by atoms with E-state index in [0.717, 1.165) is 66.7 Å². The van der Waals surface area contributed by atoms with Crippen LogP contribution in [0.25, 0.3) is 11.1 Å². The summed E-state index contributed by atoms with van der Waals surface area (Å²) in [6, 6.07) is 6.24. The highest BCUT2D eigenvalue weighted by Gasteiger charge is 2.38. The number of likely N-dealkylation sites (tertiary alicyclic amines) is 1. The molecule has 1 aromatic carbocycles. The third-order valence-corrected chi connectivity index (χ3v) is 8.30. The van der Waals surface area contributed by atoms with Crippen LogP contribution in [0, 0.1) is 5.92 Å². The predicted molar refractivity (Wildman–Crippen MR) is 155 cm³/mol. The van der Waals surface area contributed by atoms with Gasteiger partial charge in [0, 0.05) is 49.3 Å². The van der Waals surface area contributed by atoms with Crippen molar-refractivity contribution in [2.45, 2.75) is 57.2 Å². The number of benzene rings is 1. The van der Waals surface area contributed by atoms with Gasteiger partial charge in [0.2, 0.25) is 12.3 Å². The van der Waals surface area contributed by atoms with Crippen LogP contribution in [0.1, 0.15) is 56.8 Å². The van der Waals surface area contributed by atoms with E-state index in [1.165, 1.54) is 6.08 Å². The van der Waals surface area contributed by atoms with Gasteiger partial charge in [-0.15, -0.1) is 0 Å². The first-order valence-corrected chi connectivity index (χ1v) is 14.3. The van der Waals surface area contributed by atoms with Gasteiger partial charge in [0.1, 0.15) is 11.5 Å². The number of fused-ring (bicyclic) bond motifs is 3. The maximum absolute atomic E-state index is 13.0. The van der Waals surface area contributed by atoms with Crippen molar-refractivity contribution in [1.29, 1.82) is 0 Å². The van der Waals surface area contributed by atoms with Crippen LogP contribution in [0.2, 0.25) is 0 Å². The molecule has 3 fully saturated rings. The first-order valence-electron chi connectivity index (χ1n) is 14.3. The Morgan fingerprint density at radius 3 is 2.54 bits per heavy atom. The van der Waals surface area contributed by atoms with Gasteiger partial charge >= 0.3 is 0 Å². The Balaban J connectivity index is 1.36. The number of amides is 3. The molecule has 1 aromatic heterocycles. The van der Waals surface area contributed by atoms with Crippen LogP contribution in [-0.4, -0.2) is 59.1 Å². The van der Waals surface area contributed by atoms with Crippen molar-refractivity contribution in [1.82, 2.24) is 25.3 Å². The monoisotopic (exact) mass is 559 g/mol. The Bertz CT molecular complexity index is 1450. The number of carbonyl (C=O) groups excluding carboxylic acids is 3. The van der Waals surface area contributed by atoms with Gasteiger partial charge in [0.05, 0.1) is 41.0 Å². The van der Waals surface area contributed by atoms with Crippen LogP contribution in [0.5, 0.6) is 0 Å². The third kappa shape index (κ3) is 5.09. The predicted octanol–water partition coefficient (Wildman–Crippen LogP) is 1.65. The molecule has 3 heterocycles. The van der Waals surface area contributed by atoms with E-state index in [-0.39, 0.29) is 47.4 Å². The molecule has 216 valence electrons. The highest BCUT2D eigenvalue weighted by atomic mass is 16.2. The fourth-order valence-corrected chi connectivity index (χ4v) is 5.70. The van der Waals surface area contributed by atoms with Gasteiger partial charge in [0.15, 0.2) is 0 Å². The lowest BCUT2D eigenvalue weighted by atomic mass is 9.91. The van der Waals surface area contributed by atoms with Crippen LogP contribution in [-0.2, 0) is 14.4 Å². The van der Waals surface area contributed by atoms with Gasteiger partial charge < -0.3 is 37.2 Å². The lowest BCUT2D eigenvalue weighted by Crippen LogP contribution is -2.48. The highest BCUT2D eigenvalue weighted by Crippen LogP contribution is 2.49. The molecule has 0 spiro atoms. The third-order valence-electron chi connectivity index (χ3n) is 8.30. The highest BCUT2D eigenvalue weighted by molar-refractivity contribution is 5.96. The molecule has 12 nitrogen and oxygen atoms in total. The van der Waals surface area contributed by atoms with E-state index in [9.17, 15) is 14.4 Å². The van der Waals surface area contributed by atoms with Crippen molar-refractivity contribution in [3.63, 3.8) is 0 Å². The first kappa shape index (κ1) is 26.7. The number of nitrogens with zero attached hydrogens (tertiary/aromatic N) is 4. The second-order valence-corrected chi connectivity index (χ2v) is 11.4. The van der Waals surface area contributed by atoms with Crippen LogP contribution in [0.3, 0.4) is 0 Å². The quantitative estimate of drug-likeness (QED) is 0.167. The molecular formula is C29H37N9O3. The van der Waals surface area contributed by atoms with Gasteiger partial charge in [-0.2, -0.15) is 5.10 Å². The molecule has 1 atom stereocenters. The lowest BCUT2D eigenvalue weighted by molar-refractivity contribution is -0.123. The van der Waals surface area contributed by atoms with Crippen molar-refractivity contribution >= 4 is 29.6 Å². The molecule has 41 heavy (non-hydrogen) atoms. The Kier molecular flexibility index (Phi) is 6.84. The summed E-state index contributed by atoms with van der Waals surface area (Å²) in [5.74, 6) is -0.417. The number of nitrogens with one attached hydrogen (secondary N) is 3. The standard InChI is InChI=1S/C29H37N9O3/c1-3-23-27-20(12-32-38(27)18-13-37(14-18)15-39)19-5-4-6-21(26(19)36(23)2)34-22(25(31)29(41)33-17-9-10-17)11-24(30)35-28(40)16-7-8-16/h4-6,11-12,15-18,23,34H,3,7-10,13-14,30-31H2,1-2H3,(H,33,41)(H,35,40)/b24-11+,25-22+. The van der Waals surface area contributed by atoms with Gasteiger partial charge in [-0.1, -0.05) is 19.1 Å². The minimum absolute atomic E-state index is 0.0122. The fourth-order valence-electron chi connectivity index (χ4n) is 5.70. The van der Waals surface area contributed by atoms with Crippen molar-refractivity contribution in [3.05, 3.63) is 53.4 Å². The smallest absolute Gasteiger partial charge is 0.269 e. The second kappa shape index (κ2) is 10.5. The number of aromatic nitrogens is 2. The summed E-state index contributed by atoms with van der Waals surface area (Å²) >= 11 is 0. The second-order valence-electron chi connectivity index (χ2n) is 11.4. The number of rotatable bonds is 10. The normalized spacial score (nSPS) is 20.8. The summed E-state index contributed by atoms with van der Waals surface area (Å²) in [6.07, 6.45) is 8.68. The van der Waals surface area contributed by atoms with Crippen molar-refractivity contribution in [3.8, 4) is 11.1 Å². The van der Waals surface area contributed by atoms with Crippen LogP contribution >= 0.6 is 0 Å². The van der Waals surface area contributed by atoms with Gasteiger partial charge in [-0.3, -0.25) is 19.1 Å². The summed E-state index contributed by atoms with van der Waals surface area (Å²) < 4.78 is 2.07. The topological polar surface area (TPSA) is 164 Å². The minimum Gasteiger partial charge on any atom is -0.393 e. The van der Waals surface area contributed by atoms with E-state index >= 15 is 0 Å². The summed E-state index contributed by atoms with van der Waals surface area (Å²) in [6.45, 7) is 3.43. The van der Waals surface area contributed by atoms with Crippen LogP contribution in [0.4, 0.5) is 11.4 Å². The fraction of sp³-hybridized carbons (Fsp3) is 0.448. The molecular weight excluding hydrogens is 522 g/mol. The number of allylic oxidation sites excluding steroid dienone is 1. The number of para-hydroxylation sites is 1. The van der Waals surface area contributed by atoms with Gasteiger partial charge in [-0.25, -0.2) is 0 Å². The SMILES string of the molecule is CCC1c2c(cnn2C2CN(C=O)C2)-c2cccc(NC(/C=C(\N)NC(=O)C3CC3)=C(/N)C(=O)NC3CC3)c2N1C. The molecule has 1 saturated heterocycles. The number of nitrogens with two attached hydrogens (primary N) is 2. The van der Waals surface area contributed by atoms with Crippen molar-refractivity contribution in [2.24, 2.45) is 17.4 Å². The Labute approximate surface area is 238 Å². The zero-order valence-electron chi connectivity index (χ0n) is 23.4. The molecule has 2 aliphatic heterocycles. The molecule has 3 amide bonds. The van der Waals surface area contributed by atoms with Gasteiger partial charge in [-0.05, 0) is 38.2 Å². The van der Waals surface area contributed by atoms with E-state index in [1.54, 1.807) is 4.90 Å². The Hall–Kier alpha value is -4.48. The zero-order valence-corrected chi connectivity index (χ0v) is 23.4. The molecule has 1 unspecified atom stereocenters. The molecule has 4 aliphatic rings. The molecule has 2 aliphatic carbocycles. The zero-order chi connectivity index (χ0) is 28.8. The molecule has 6 rings (SSSR count). The number of carbonyl (C=O) groups is 3. The summed E-state index contributed by atoms with van der Waals surface area (Å²) in [4.78, 5) is 40.4. The number of hydrogen-bond donors (Lipinski definition) is 5. The molecule has 2 aromatic rings. The van der Waals surface area contributed by atoms with E-state index in [0.29, 0.717) is 18.8 Å². The van der Waals surface area contributed by atoms with Crippen LogP contribution in [0.15, 0.2) is 47.7 Å². The summed E-state index contributed by atoms with van der Waals surface area (Å²) in [7, 11) is 2.05. The Morgan fingerprint density at radius 1 is 1.12 bits per heavy atom. The molecule has 0 bridgehead atoms. The number of hydrogen-bond acceptors (Lipinski definition) is 8. The first-order chi connectivity index (χ1) is 19.8. The van der Waals surface area contributed by atoms with Crippen molar-refractivity contribution < 1.29 is 14.4 Å². The minimum atomic E-state index is -0.384. The lowest BCUT2D eigenvalue weighted by Gasteiger charge is -2.41.